The highest BCUT2D eigenvalue weighted by Gasteiger charge is 2.15. The maximum Gasteiger partial charge on any atom is 0.227 e. The first-order valence-corrected chi connectivity index (χ1v) is 10.5. The summed E-state index contributed by atoms with van der Waals surface area (Å²) in [5.41, 5.74) is 1.62. The maximum atomic E-state index is 14.3. The van der Waals surface area contributed by atoms with Crippen LogP contribution in [0.2, 0.25) is 0 Å². The Balaban J connectivity index is 1.93. The van der Waals surface area contributed by atoms with Crippen LogP contribution in [0.15, 0.2) is 53.1 Å². The van der Waals surface area contributed by atoms with Gasteiger partial charge in [0.2, 0.25) is 5.95 Å². The molecule has 3 aromatic rings. The highest BCUT2D eigenvalue weighted by Crippen LogP contribution is 2.31. The van der Waals surface area contributed by atoms with Gasteiger partial charge in [-0.05, 0) is 29.8 Å². The Morgan fingerprint density at radius 1 is 1.24 bits per heavy atom. The third-order valence-electron chi connectivity index (χ3n) is 4.00. The van der Waals surface area contributed by atoms with Gasteiger partial charge in [0.05, 0.1) is 28.8 Å². The number of nitrogens with zero attached hydrogens (tertiary/aromatic N) is 3. The lowest BCUT2D eigenvalue weighted by Gasteiger charge is -2.11. The molecule has 1 aromatic heterocycles. The molecule has 152 valence electrons. The van der Waals surface area contributed by atoms with Gasteiger partial charge >= 0.3 is 0 Å². The minimum Gasteiger partial charge on any atom is -0.496 e. The van der Waals surface area contributed by atoms with Crippen LogP contribution in [0.25, 0.3) is 11.3 Å². The van der Waals surface area contributed by atoms with E-state index in [0.717, 1.165) is 17.8 Å². The summed E-state index contributed by atoms with van der Waals surface area (Å²) >= 11 is 0. The van der Waals surface area contributed by atoms with Crippen LogP contribution < -0.4 is 15.9 Å². The van der Waals surface area contributed by atoms with Gasteiger partial charge in [-0.1, -0.05) is 12.1 Å². The van der Waals surface area contributed by atoms with E-state index in [-0.39, 0.29) is 23.1 Å². The minimum atomic E-state index is -2.52. The second kappa shape index (κ2) is 8.50. The van der Waals surface area contributed by atoms with Gasteiger partial charge in [0.15, 0.2) is 5.82 Å². The molecule has 1 unspecified atom stereocenters. The van der Waals surface area contributed by atoms with E-state index in [9.17, 15) is 13.0 Å². The Hall–Kier alpha value is -3.11. The number of benzene rings is 2. The zero-order valence-electron chi connectivity index (χ0n) is 15.7. The number of hydrogen-bond donors (Lipinski definition) is 2. The lowest BCUT2D eigenvalue weighted by molar-refractivity contribution is 0.412. The second-order valence-electron chi connectivity index (χ2n) is 6.27. The fraction of sp³-hybridized carbons (Fsp3) is 0.158. The smallest absolute Gasteiger partial charge is 0.227 e. The van der Waals surface area contributed by atoms with Gasteiger partial charge in [0, 0.05) is 23.6 Å². The van der Waals surface area contributed by atoms with Gasteiger partial charge in [-0.2, -0.15) is 4.47 Å². The quantitative estimate of drug-likeness (QED) is 0.467. The normalized spacial score (nSPS) is 12.9. The fourth-order valence-electron chi connectivity index (χ4n) is 2.69. The molecule has 0 aliphatic heterocycles. The van der Waals surface area contributed by atoms with Crippen LogP contribution in [0.1, 0.15) is 5.56 Å². The molecule has 0 aliphatic carbocycles. The SMILES string of the molecule is COc1cc(F)ccc1-c1nc(Nc2cccc(CS(C)(=O)=NN)c2)ncc1F. The Morgan fingerprint density at radius 2 is 2.03 bits per heavy atom. The van der Waals surface area contributed by atoms with Crippen LogP contribution in [0.3, 0.4) is 0 Å². The monoisotopic (exact) mass is 419 g/mol. The molecular weight excluding hydrogens is 400 g/mol. The molecule has 0 radical (unpaired) electrons. The molecule has 1 atom stereocenters. The lowest BCUT2D eigenvalue weighted by atomic mass is 10.1. The Bertz CT molecular complexity index is 1160. The third kappa shape index (κ3) is 5.04. The maximum absolute atomic E-state index is 14.3. The Morgan fingerprint density at radius 3 is 2.76 bits per heavy atom. The number of halogens is 2. The van der Waals surface area contributed by atoms with Crippen LogP contribution in [-0.2, 0) is 15.5 Å². The topological polar surface area (TPSA) is 102 Å². The zero-order chi connectivity index (χ0) is 21.0. The van der Waals surface area contributed by atoms with Gasteiger partial charge < -0.3 is 10.1 Å². The van der Waals surface area contributed by atoms with Crippen LogP contribution in [0, 0.1) is 11.6 Å². The van der Waals surface area contributed by atoms with E-state index in [1.54, 1.807) is 24.3 Å². The summed E-state index contributed by atoms with van der Waals surface area (Å²) in [6.07, 6.45) is 2.49. The predicted molar refractivity (Wildman–Crippen MR) is 108 cm³/mol. The Labute approximate surface area is 167 Å². The third-order valence-corrected chi connectivity index (χ3v) is 5.32. The standard InChI is InChI=1S/C19H19F2N5O2S/c1-28-17-9-13(20)6-7-15(17)18-16(21)10-23-19(25-18)24-14-5-3-4-12(8-14)11-29(2,27)26-22/h3-10H,11,22H2,1-2H3,(H,23,24,25). The molecular formula is C19H19F2N5O2S. The van der Waals surface area contributed by atoms with Crippen molar-refractivity contribution in [2.45, 2.75) is 5.75 Å². The molecule has 7 nitrogen and oxygen atoms in total. The molecule has 0 saturated carbocycles. The van der Waals surface area contributed by atoms with Crippen molar-refractivity contribution in [3.05, 3.63) is 65.9 Å². The van der Waals surface area contributed by atoms with Gasteiger partial charge in [0.25, 0.3) is 0 Å². The molecule has 0 fully saturated rings. The number of nitrogens with two attached hydrogens (primary N) is 1. The van der Waals surface area contributed by atoms with Crippen molar-refractivity contribution < 1.29 is 17.7 Å². The van der Waals surface area contributed by atoms with Gasteiger partial charge in [-0.15, -0.1) is 0 Å². The number of ether oxygens (including phenoxy) is 1. The largest absolute Gasteiger partial charge is 0.496 e. The molecule has 0 saturated heterocycles. The molecule has 0 aliphatic rings. The highest BCUT2D eigenvalue weighted by molar-refractivity contribution is 7.92. The average Bonchev–Trinajstić information content (AvgIpc) is 2.69. The van der Waals surface area contributed by atoms with Crippen molar-refractivity contribution in [3.8, 4) is 17.0 Å². The number of rotatable bonds is 6. The number of anilines is 2. The first kappa shape index (κ1) is 20.6. The van der Waals surface area contributed by atoms with E-state index in [4.69, 9.17) is 10.6 Å². The number of hydrogen-bond acceptors (Lipinski definition) is 6. The summed E-state index contributed by atoms with van der Waals surface area (Å²) in [5, 5.41) is 2.98. The van der Waals surface area contributed by atoms with Gasteiger partial charge in [-0.3, -0.25) is 0 Å². The molecule has 2 aromatic carbocycles. The number of nitrogens with one attached hydrogen (secondary N) is 1. The van der Waals surface area contributed by atoms with Crippen molar-refractivity contribution in [1.82, 2.24) is 9.97 Å². The molecule has 3 rings (SSSR count). The van der Waals surface area contributed by atoms with Crippen LogP contribution in [0.4, 0.5) is 20.4 Å². The van der Waals surface area contributed by atoms with Crippen LogP contribution >= 0.6 is 0 Å². The van der Waals surface area contributed by atoms with E-state index >= 15 is 0 Å². The average molecular weight is 419 g/mol. The van der Waals surface area contributed by atoms with Crippen molar-refractivity contribution in [1.29, 1.82) is 0 Å². The summed E-state index contributed by atoms with van der Waals surface area (Å²) in [5.74, 6) is 4.46. The van der Waals surface area contributed by atoms with Crippen molar-refractivity contribution in [2.75, 3.05) is 18.7 Å². The molecule has 0 amide bonds. The molecule has 10 heteroatoms. The van der Waals surface area contributed by atoms with E-state index in [1.165, 1.54) is 25.5 Å². The first-order valence-electron chi connectivity index (χ1n) is 8.43. The summed E-state index contributed by atoms with van der Waals surface area (Å²) < 4.78 is 48.4. The van der Waals surface area contributed by atoms with E-state index < -0.39 is 21.4 Å². The molecule has 0 spiro atoms. The molecule has 0 bridgehead atoms. The van der Waals surface area contributed by atoms with E-state index in [1.807, 2.05) is 0 Å². The highest BCUT2D eigenvalue weighted by atomic mass is 32.2. The summed E-state index contributed by atoms with van der Waals surface area (Å²) in [4.78, 5) is 8.15. The minimum absolute atomic E-state index is 0.0333. The van der Waals surface area contributed by atoms with E-state index in [0.29, 0.717) is 11.3 Å². The zero-order valence-corrected chi connectivity index (χ0v) is 16.5. The summed E-state index contributed by atoms with van der Waals surface area (Å²) in [6.45, 7) is 0. The fourth-order valence-corrected chi connectivity index (χ4v) is 3.56. The summed E-state index contributed by atoms with van der Waals surface area (Å²) in [6, 6.07) is 10.8. The van der Waals surface area contributed by atoms with Gasteiger partial charge in [-0.25, -0.2) is 28.8 Å². The predicted octanol–water partition coefficient (Wildman–Crippen LogP) is 3.65. The number of aromatic nitrogens is 2. The molecule has 29 heavy (non-hydrogen) atoms. The van der Waals surface area contributed by atoms with Crippen molar-refractivity contribution in [2.24, 2.45) is 10.3 Å². The van der Waals surface area contributed by atoms with Crippen molar-refractivity contribution in [3.63, 3.8) is 0 Å². The second-order valence-corrected chi connectivity index (χ2v) is 8.69. The van der Waals surface area contributed by atoms with E-state index in [2.05, 4.69) is 19.8 Å². The summed E-state index contributed by atoms with van der Waals surface area (Å²) in [7, 11) is -1.16. The van der Waals surface area contributed by atoms with Crippen LogP contribution in [0.5, 0.6) is 5.75 Å². The van der Waals surface area contributed by atoms with Crippen LogP contribution in [-0.4, -0.2) is 27.5 Å². The molecule has 1 heterocycles. The van der Waals surface area contributed by atoms with Gasteiger partial charge in [0.1, 0.15) is 17.3 Å². The number of methoxy groups -OCH3 is 1. The van der Waals surface area contributed by atoms with Crippen molar-refractivity contribution >= 4 is 21.4 Å². The first-order chi connectivity index (χ1) is 13.8. The Kier molecular flexibility index (Phi) is 6.04. The molecule has 3 N–H and O–H groups in total. The lowest BCUT2D eigenvalue weighted by Crippen LogP contribution is -2.05.